The van der Waals surface area contributed by atoms with Crippen LogP contribution >= 0.6 is 19.2 Å². The van der Waals surface area contributed by atoms with E-state index in [9.17, 15) is 26.6 Å². The molecular formula is C28H24ClF2N2O7PS. The molecule has 0 aliphatic carbocycles. The van der Waals surface area contributed by atoms with Gasteiger partial charge in [0.15, 0.2) is 0 Å². The van der Waals surface area contributed by atoms with E-state index in [1.807, 2.05) is 0 Å². The van der Waals surface area contributed by atoms with Crippen molar-refractivity contribution >= 4 is 40.8 Å². The van der Waals surface area contributed by atoms with Crippen LogP contribution in [-0.4, -0.2) is 30.2 Å². The van der Waals surface area contributed by atoms with Crippen molar-refractivity contribution in [3.05, 3.63) is 119 Å². The lowest BCUT2D eigenvalue weighted by atomic mass is 10.0. The van der Waals surface area contributed by atoms with Gasteiger partial charge in [0.2, 0.25) is 15.9 Å². The Balaban J connectivity index is 1.54. The Morgan fingerprint density at radius 2 is 1.55 bits per heavy atom. The molecule has 1 atom stereocenters. The molecule has 0 saturated carbocycles. The Hall–Kier alpha value is -3.64. The Labute approximate surface area is 245 Å². The van der Waals surface area contributed by atoms with Crippen molar-refractivity contribution in [2.75, 3.05) is 5.32 Å². The molecule has 42 heavy (non-hydrogen) atoms. The molecule has 0 heterocycles. The van der Waals surface area contributed by atoms with Crippen molar-refractivity contribution in [2.24, 2.45) is 0 Å². The van der Waals surface area contributed by atoms with Gasteiger partial charge in [0.05, 0.1) is 4.90 Å². The summed E-state index contributed by atoms with van der Waals surface area (Å²) >= 11 is 5.97. The number of carbonyl (C=O) groups excluding carboxylic acids is 1. The molecule has 0 aliphatic rings. The van der Waals surface area contributed by atoms with Crippen molar-refractivity contribution < 1.29 is 41.1 Å². The zero-order valence-electron chi connectivity index (χ0n) is 21.5. The lowest BCUT2D eigenvalue weighted by Crippen LogP contribution is -2.45. The van der Waals surface area contributed by atoms with Gasteiger partial charge in [0.1, 0.15) is 17.5 Å². The lowest BCUT2D eigenvalue weighted by Gasteiger charge is -2.20. The molecule has 4 aromatic rings. The number of ether oxygens (including phenoxy) is 1. The van der Waals surface area contributed by atoms with Crippen molar-refractivity contribution in [1.82, 2.24) is 4.72 Å². The minimum absolute atomic E-state index is 0.0954. The minimum atomic E-state index is -5.78. The highest BCUT2D eigenvalue weighted by molar-refractivity contribution is 7.89. The van der Waals surface area contributed by atoms with E-state index in [1.54, 1.807) is 54.6 Å². The Kier molecular flexibility index (Phi) is 9.47. The smallest absolute Gasteiger partial charge is 0.399 e. The summed E-state index contributed by atoms with van der Waals surface area (Å²) in [5.74, 6) is 0.200. The van der Waals surface area contributed by atoms with Crippen LogP contribution in [0.4, 0.5) is 14.5 Å². The van der Waals surface area contributed by atoms with E-state index < -0.39 is 40.8 Å². The molecule has 0 spiro atoms. The third kappa shape index (κ3) is 7.80. The number of anilines is 1. The summed E-state index contributed by atoms with van der Waals surface area (Å²) in [4.78, 5) is 31.2. The number of alkyl halides is 2. The van der Waals surface area contributed by atoms with Crippen LogP contribution in [0.5, 0.6) is 11.5 Å². The predicted octanol–water partition coefficient (Wildman–Crippen LogP) is 5.89. The second kappa shape index (κ2) is 12.7. The molecule has 4 aromatic carbocycles. The number of halogens is 3. The second-order valence-electron chi connectivity index (χ2n) is 9.05. The van der Waals surface area contributed by atoms with Gasteiger partial charge in [-0.05, 0) is 66.6 Å². The highest BCUT2D eigenvalue weighted by Gasteiger charge is 2.50. The number of sulfonamides is 1. The first kappa shape index (κ1) is 31.3. The van der Waals surface area contributed by atoms with Crippen LogP contribution in [-0.2, 0) is 31.5 Å². The summed E-state index contributed by atoms with van der Waals surface area (Å²) in [5, 5.41) is 3.12. The fraction of sp³-hybridized carbons (Fsp3) is 0.107. The first-order valence-electron chi connectivity index (χ1n) is 12.2. The van der Waals surface area contributed by atoms with E-state index in [0.717, 1.165) is 24.3 Å². The molecule has 1 amide bonds. The zero-order chi connectivity index (χ0) is 30.5. The summed E-state index contributed by atoms with van der Waals surface area (Å²) in [6.45, 7) is 0. The molecule has 0 bridgehead atoms. The molecule has 0 saturated heterocycles. The van der Waals surface area contributed by atoms with Crippen molar-refractivity contribution in [3.8, 4) is 11.5 Å². The van der Waals surface area contributed by atoms with E-state index >= 15 is 0 Å². The van der Waals surface area contributed by atoms with Crippen molar-refractivity contribution in [3.63, 3.8) is 0 Å². The molecule has 9 nitrogen and oxygen atoms in total. The van der Waals surface area contributed by atoms with Gasteiger partial charge >= 0.3 is 13.3 Å². The van der Waals surface area contributed by atoms with E-state index in [0.29, 0.717) is 22.2 Å². The van der Waals surface area contributed by atoms with Crippen LogP contribution in [0.2, 0.25) is 5.02 Å². The number of carbonyl (C=O) groups is 1. The quantitative estimate of drug-likeness (QED) is 0.150. The van der Waals surface area contributed by atoms with Crippen molar-refractivity contribution in [2.45, 2.75) is 23.0 Å². The summed E-state index contributed by atoms with van der Waals surface area (Å²) < 4.78 is 73.5. The first-order valence-corrected chi connectivity index (χ1v) is 15.7. The maximum Gasteiger partial charge on any atom is 0.399 e. The Morgan fingerprint density at radius 3 is 2.14 bits per heavy atom. The van der Waals surface area contributed by atoms with Crippen LogP contribution in [0.3, 0.4) is 0 Å². The normalized spacial score (nSPS) is 12.9. The van der Waals surface area contributed by atoms with Crippen LogP contribution in [0.25, 0.3) is 0 Å². The molecule has 0 radical (unpaired) electrons. The van der Waals surface area contributed by atoms with Gasteiger partial charge in [-0.3, -0.25) is 9.36 Å². The zero-order valence-corrected chi connectivity index (χ0v) is 24.0. The van der Waals surface area contributed by atoms with E-state index in [2.05, 4.69) is 10.0 Å². The third-order valence-electron chi connectivity index (χ3n) is 5.93. The highest BCUT2D eigenvalue weighted by atomic mass is 35.5. The van der Waals surface area contributed by atoms with Crippen LogP contribution < -0.4 is 14.8 Å². The number of hydrogen-bond donors (Lipinski definition) is 4. The number of nitrogens with one attached hydrogen (secondary N) is 2. The largest absolute Gasteiger partial charge is 0.457 e. The van der Waals surface area contributed by atoms with Gasteiger partial charge in [-0.15, -0.1) is 0 Å². The van der Waals surface area contributed by atoms with Crippen LogP contribution in [0.1, 0.15) is 11.1 Å². The molecule has 0 fully saturated rings. The Morgan fingerprint density at radius 1 is 0.905 bits per heavy atom. The fourth-order valence-electron chi connectivity index (χ4n) is 3.79. The number of amides is 1. The van der Waals surface area contributed by atoms with Gasteiger partial charge in [0.25, 0.3) is 0 Å². The topological polar surface area (TPSA) is 142 Å². The van der Waals surface area contributed by atoms with Gasteiger partial charge < -0.3 is 19.8 Å². The first-order chi connectivity index (χ1) is 19.7. The molecule has 14 heteroatoms. The molecule has 4 N–H and O–H groups in total. The van der Waals surface area contributed by atoms with Gasteiger partial charge in [0, 0.05) is 16.3 Å². The molecule has 0 aliphatic heterocycles. The number of benzene rings is 4. The average molecular weight is 637 g/mol. The minimum Gasteiger partial charge on any atom is -0.457 e. The summed E-state index contributed by atoms with van der Waals surface area (Å²) in [6.07, 6.45) is -0.268. The van der Waals surface area contributed by atoms with Crippen molar-refractivity contribution in [1.29, 1.82) is 0 Å². The monoisotopic (exact) mass is 636 g/mol. The SMILES string of the molecule is O=C(Nc1ccc(Oc2cccc(Cl)c2)cc1)C(Cc1ccc(C(F)(F)P(=O)(O)O)cc1)NS(=O)(=O)c1ccccc1. The predicted molar refractivity (Wildman–Crippen MR) is 153 cm³/mol. The van der Waals surface area contributed by atoms with Crippen LogP contribution in [0.15, 0.2) is 108 Å². The molecule has 1 unspecified atom stereocenters. The van der Waals surface area contributed by atoms with Gasteiger partial charge in [-0.1, -0.05) is 60.1 Å². The van der Waals surface area contributed by atoms with Gasteiger partial charge in [-0.2, -0.15) is 13.5 Å². The summed E-state index contributed by atoms with van der Waals surface area (Å²) in [5.41, 5.74) is -4.77. The standard InChI is InChI=1S/C28H24ClF2N2O7PS/c29-21-5-4-6-24(18-21)40-23-15-13-22(14-16-23)32-27(34)26(33-42(38,39)25-7-2-1-3-8-25)17-19-9-11-20(12-10-19)28(30,31)41(35,36)37/h1-16,18,26,33H,17H2,(H,32,34)(H2,35,36,37). The fourth-order valence-corrected chi connectivity index (χ4v) is 5.67. The molecule has 220 valence electrons. The maximum atomic E-state index is 14.1. The summed E-state index contributed by atoms with van der Waals surface area (Å²) in [6, 6.07) is 22.8. The maximum absolute atomic E-state index is 14.1. The van der Waals surface area contributed by atoms with Gasteiger partial charge in [-0.25, -0.2) is 8.42 Å². The molecular weight excluding hydrogens is 613 g/mol. The number of hydrogen-bond acceptors (Lipinski definition) is 5. The lowest BCUT2D eigenvalue weighted by molar-refractivity contribution is -0.117. The summed E-state index contributed by atoms with van der Waals surface area (Å²) in [7, 11) is -9.96. The third-order valence-corrected chi connectivity index (χ3v) is 8.64. The highest BCUT2D eigenvalue weighted by Crippen LogP contribution is 2.59. The van der Waals surface area contributed by atoms with Crippen LogP contribution in [0, 0.1) is 0 Å². The molecule has 4 rings (SSSR count). The Bertz CT molecular complexity index is 1700. The second-order valence-corrected chi connectivity index (χ2v) is 12.8. The van der Waals surface area contributed by atoms with E-state index in [-0.39, 0.29) is 16.9 Å². The van der Waals surface area contributed by atoms with E-state index in [1.165, 1.54) is 24.3 Å². The molecule has 0 aromatic heterocycles. The average Bonchev–Trinajstić information content (AvgIpc) is 2.94. The number of rotatable bonds is 11. The van der Waals surface area contributed by atoms with E-state index in [4.69, 9.17) is 26.1 Å².